The molecule has 8 heteroatoms. The van der Waals surface area contributed by atoms with Gasteiger partial charge in [-0.2, -0.15) is 0 Å². The van der Waals surface area contributed by atoms with Gasteiger partial charge in [0, 0.05) is 12.3 Å². The number of amides is 1. The maximum atomic E-state index is 12.7. The summed E-state index contributed by atoms with van der Waals surface area (Å²) in [6.07, 6.45) is -0.683. The molecule has 3 aromatic carbocycles. The van der Waals surface area contributed by atoms with E-state index >= 15 is 0 Å². The second kappa shape index (κ2) is 13.0. The Morgan fingerprint density at radius 3 is 2.41 bits per heavy atom. The zero-order valence-electron chi connectivity index (χ0n) is 17.7. The smallest absolute Gasteiger partial charge is 0.408 e. The molecule has 2 unspecified atom stereocenters. The highest BCUT2D eigenvalue weighted by molar-refractivity contribution is 7.99. The minimum absolute atomic E-state index is 0. The Morgan fingerprint density at radius 2 is 1.69 bits per heavy atom. The number of methoxy groups -OCH3 is 1. The molecule has 0 radical (unpaired) electrons. The zero-order chi connectivity index (χ0) is 22.1. The van der Waals surface area contributed by atoms with Crippen molar-refractivity contribution >= 4 is 47.0 Å². The SMILES string of the molecule is COC(=O)C(NC(=O)OCc1ccccc1)C(SCCN)c1cccc2ccccc12.Cl. The summed E-state index contributed by atoms with van der Waals surface area (Å²) in [4.78, 5) is 25.2. The van der Waals surface area contributed by atoms with Crippen molar-refractivity contribution in [2.45, 2.75) is 17.9 Å². The van der Waals surface area contributed by atoms with E-state index in [-0.39, 0.29) is 19.0 Å². The van der Waals surface area contributed by atoms with Crippen LogP contribution < -0.4 is 11.1 Å². The van der Waals surface area contributed by atoms with Crippen molar-refractivity contribution in [1.29, 1.82) is 0 Å². The van der Waals surface area contributed by atoms with Crippen LogP contribution in [-0.4, -0.2) is 37.5 Å². The number of carbonyl (C=O) groups is 2. The minimum atomic E-state index is -0.935. The molecular formula is C24H27ClN2O4S. The van der Waals surface area contributed by atoms with Crippen LogP contribution >= 0.6 is 24.2 Å². The molecule has 0 aliphatic rings. The van der Waals surface area contributed by atoms with Gasteiger partial charge in [0.05, 0.1) is 12.4 Å². The first-order chi connectivity index (χ1) is 15.1. The number of thioether (sulfide) groups is 1. The van der Waals surface area contributed by atoms with E-state index in [1.54, 1.807) is 0 Å². The number of fused-ring (bicyclic) bond motifs is 1. The van der Waals surface area contributed by atoms with E-state index < -0.39 is 23.4 Å². The van der Waals surface area contributed by atoms with E-state index in [1.807, 2.05) is 72.8 Å². The van der Waals surface area contributed by atoms with E-state index in [4.69, 9.17) is 15.2 Å². The molecule has 0 saturated heterocycles. The Kier molecular flexibility index (Phi) is 10.3. The number of carbonyl (C=O) groups excluding carboxylic acids is 2. The molecule has 170 valence electrons. The normalized spacial score (nSPS) is 12.3. The third-order valence-corrected chi connectivity index (χ3v) is 6.15. The number of nitrogens with two attached hydrogens (primary N) is 1. The van der Waals surface area contributed by atoms with Gasteiger partial charge in [0.25, 0.3) is 0 Å². The third-order valence-electron chi connectivity index (χ3n) is 4.79. The Bertz CT molecular complexity index is 1010. The molecule has 0 spiro atoms. The molecule has 3 N–H and O–H groups in total. The Balaban J connectivity index is 0.00000363. The first-order valence-corrected chi connectivity index (χ1v) is 11.0. The van der Waals surface area contributed by atoms with E-state index in [2.05, 4.69) is 5.32 Å². The summed E-state index contributed by atoms with van der Waals surface area (Å²) < 4.78 is 10.4. The van der Waals surface area contributed by atoms with Crippen LogP contribution in [-0.2, 0) is 20.9 Å². The molecule has 0 aliphatic carbocycles. The molecule has 2 atom stereocenters. The van der Waals surface area contributed by atoms with Gasteiger partial charge in [0.15, 0.2) is 0 Å². The zero-order valence-corrected chi connectivity index (χ0v) is 19.4. The Morgan fingerprint density at radius 1 is 1.00 bits per heavy atom. The van der Waals surface area contributed by atoms with Crippen LogP contribution in [0, 0.1) is 0 Å². The maximum absolute atomic E-state index is 12.7. The number of rotatable bonds is 9. The number of hydrogen-bond donors (Lipinski definition) is 2. The van der Waals surface area contributed by atoms with Crippen molar-refractivity contribution < 1.29 is 19.1 Å². The third kappa shape index (κ3) is 6.63. The first kappa shape index (κ1) is 25.5. The van der Waals surface area contributed by atoms with E-state index in [9.17, 15) is 9.59 Å². The van der Waals surface area contributed by atoms with Gasteiger partial charge in [0.1, 0.15) is 12.6 Å². The molecule has 1 amide bonds. The van der Waals surface area contributed by atoms with Crippen LogP contribution in [0.4, 0.5) is 4.79 Å². The van der Waals surface area contributed by atoms with Crippen LogP contribution in [0.1, 0.15) is 16.4 Å². The molecular weight excluding hydrogens is 448 g/mol. The van der Waals surface area contributed by atoms with Gasteiger partial charge < -0.3 is 20.5 Å². The molecule has 0 bridgehead atoms. The van der Waals surface area contributed by atoms with Gasteiger partial charge in [-0.25, -0.2) is 9.59 Å². The number of halogens is 1. The van der Waals surface area contributed by atoms with Crippen molar-refractivity contribution in [3.8, 4) is 0 Å². The van der Waals surface area contributed by atoms with Crippen LogP contribution in [0.15, 0.2) is 72.8 Å². The molecule has 3 rings (SSSR count). The summed E-state index contributed by atoms with van der Waals surface area (Å²) in [5.74, 6) is 0.0707. The monoisotopic (exact) mass is 474 g/mol. The van der Waals surface area contributed by atoms with Crippen molar-refractivity contribution in [3.63, 3.8) is 0 Å². The van der Waals surface area contributed by atoms with E-state index in [0.29, 0.717) is 12.3 Å². The molecule has 3 aromatic rings. The fourth-order valence-electron chi connectivity index (χ4n) is 3.34. The van der Waals surface area contributed by atoms with Crippen molar-refractivity contribution in [2.75, 3.05) is 19.4 Å². The van der Waals surface area contributed by atoms with Crippen LogP contribution in [0.2, 0.25) is 0 Å². The van der Waals surface area contributed by atoms with Gasteiger partial charge in [0.2, 0.25) is 0 Å². The topological polar surface area (TPSA) is 90.6 Å². The number of alkyl carbamates (subject to hydrolysis) is 1. The Labute approximate surface area is 198 Å². The Hall–Kier alpha value is -2.74. The highest BCUT2D eigenvalue weighted by Gasteiger charge is 2.33. The molecule has 0 fully saturated rings. The van der Waals surface area contributed by atoms with Gasteiger partial charge in [-0.3, -0.25) is 0 Å². The first-order valence-electron chi connectivity index (χ1n) is 9.98. The van der Waals surface area contributed by atoms with E-state index in [1.165, 1.54) is 18.9 Å². The fourth-order valence-corrected chi connectivity index (χ4v) is 4.48. The summed E-state index contributed by atoms with van der Waals surface area (Å²) >= 11 is 1.50. The van der Waals surface area contributed by atoms with Crippen molar-refractivity contribution in [3.05, 3.63) is 83.9 Å². The number of esters is 1. The summed E-state index contributed by atoms with van der Waals surface area (Å²) in [6, 6.07) is 22.3. The predicted octanol–water partition coefficient (Wildman–Crippen LogP) is 4.46. The molecule has 0 aromatic heterocycles. The second-order valence-corrected chi connectivity index (χ2v) is 8.10. The lowest BCUT2D eigenvalue weighted by molar-refractivity contribution is -0.143. The number of hydrogen-bond acceptors (Lipinski definition) is 6. The number of nitrogens with one attached hydrogen (secondary N) is 1. The number of ether oxygens (including phenoxy) is 2. The molecule has 0 heterocycles. The van der Waals surface area contributed by atoms with Gasteiger partial charge in [-0.15, -0.1) is 24.2 Å². The van der Waals surface area contributed by atoms with E-state index in [0.717, 1.165) is 21.9 Å². The average molecular weight is 475 g/mol. The predicted molar refractivity (Wildman–Crippen MR) is 131 cm³/mol. The van der Waals surface area contributed by atoms with Crippen molar-refractivity contribution in [1.82, 2.24) is 5.32 Å². The summed E-state index contributed by atoms with van der Waals surface area (Å²) in [7, 11) is 1.31. The molecule has 6 nitrogen and oxygen atoms in total. The second-order valence-electron chi connectivity index (χ2n) is 6.86. The highest BCUT2D eigenvalue weighted by Crippen LogP contribution is 2.37. The standard InChI is InChI=1S/C24H26N2O4S.ClH/c1-29-23(27)21(26-24(28)30-16-17-8-3-2-4-9-17)22(31-15-14-25)20-13-7-11-18-10-5-6-12-19(18)20;/h2-13,21-22H,14-16,25H2,1H3,(H,26,28);1H. The lowest BCUT2D eigenvalue weighted by Gasteiger charge is -2.27. The molecule has 0 aliphatic heterocycles. The lowest BCUT2D eigenvalue weighted by atomic mass is 9.98. The summed E-state index contributed by atoms with van der Waals surface area (Å²) in [5, 5.41) is 4.37. The van der Waals surface area contributed by atoms with Crippen LogP contribution in [0.5, 0.6) is 0 Å². The molecule has 32 heavy (non-hydrogen) atoms. The largest absolute Gasteiger partial charge is 0.467 e. The van der Waals surface area contributed by atoms with Crippen LogP contribution in [0.25, 0.3) is 10.8 Å². The maximum Gasteiger partial charge on any atom is 0.408 e. The van der Waals surface area contributed by atoms with Gasteiger partial charge in [-0.05, 0) is 21.9 Å². The van der Waals surface area contributed by atoms with Crippen LogP contribution in [0.3, 0.4) is 0 Å². The van der Waals surface area contributed by atoms with Crippen molar-refractivity contribution in [2.24, 2.45) is 5.73 Å². The summed E-state index contributed by atoms with van der Waals surface area (Å²) in [5.41, 5.74) is 7.52. The minimum Gasteiger partial charge on any atom is -0.467 e. The molecule has 0 saturated carbocycles. The fraction of sp³-hybridized carbons (Fsp3) is 0.250. The quantitative estimate of drug-likeness (QED) is 0.445. The average Bonchev–Trinajstić information content (AvgIpc) is 2.82. The summed E-state index contributed by atoms with van der Waals surface area (Å²) in [6.45, 7) is 0.549. The lowest BCUT2D eigenvalue weighted by Crippen LogP contribution is -2.45. The highest BCUT2D eigenvalue weighted by atomic mass is 35.5. The van der Waals surface area contributed by atoms with Gasteiger partial charge in [-0.1, -0.05) is 72.8 Å². The number of benzene rings is 3. The van der Waals surface area contributed by atoms with Gasteiger partial charge >= 0.3 is 12.1 Å².